The zero-order valence-electron chi connectivity index (χ0n) is 8.95. The van der Waals surface area contributed by atoms with Crippen molar-refractivity contribution in [1.29, 1.82) is 0 Å². The number of nitrogens with one attached hydrogen (secondary N) is 1. The summed E-state index contributed by atoms with van der Waals surface area (Å²) in [6.07, 6.45) is 2.87. The van der Waals surface area contributed by atoms with Crippen molar-refractivity contribution in [3.63, 3.8) is 0 Å². The third-order valence-electron chi connectivity index (χ3n) is 3.01. The highest BCUT2D eigenvalue weighted by molar-refractivity contribution is 5.87. The first-order valence-electron chi connectivity index (χ1n) is 5.38. The zero-order valence-corrected chi connectivity index (χ0v) is 8.95. The maximum absolute atomic E-state index is 13.4. The minimum absolute atomic E-state index is 0.152. The van der Waals surface area contributed by atoms with Gasteiger partial charge in [0.25, 0.3) is 0 Å². The minimum Gasteiger partial charge on any atom is -0.350 e. The van der Waals surface area contributed by atoms with Gasteiger partial charge >= 0.3 is 0 Å². The van der Waals surface area contributed by atoms with Crippen molar-refractivity contribution in [3.05, 3.63) is 48.3 Å². The number of benzene rings is 1. The molecule has 0 spiro atoms. The fourth-order valence-electron chi connectivity index (χ4n) is 2.06. The first kappa shape index (κ1) is 10.9. The molecule has 16 heavy (non-hydrogen) atoms. The van der Waals surface area contributed by atoms with Gasteiger partial charge in [-0.2, -0.15) is 0 Å². The molecule has 3 heteroatoms. The molecule has 0 unspecified atom stereocenters. The quantitative estimate of drug-likeness (QED) is 0.777. The number of rotatable bonds is 3. The molecule has 0 saturated heterocycles. The molecule has 84 valence electrons. The average Bonchev–Trinajstić information content (AvgIpc) is 2.24. The van der Waals surface area contributed by atoms with Gasteiger partial charge in [0.1, 0.15) is 5.82 Å². The maximum atomic E-state index is 13.4. The first-order valence-corrected chi connectivity index (χ1v) is 5.38. The van der Waals surface area contributed by atoms with E-state index in [0.717, 1.165) is 18.4 Å². The van der Waals surface area contributed by atoms with E-state index in [0.29, 0.717) is 0 Å². The fourth-order valence-corrected chi connectivity index (χ4v) is 2.06. The highest BCUT2D eigenvalue weighted by atomic mass is 19.1. The lowest BCUT2D eigenvalue weighted by atomic mass is 9.75. The van der Waals surface area contributed by atoms with Gasteiger partial charge in [-0.1, -0.05) is 24.8 Å². The molecule has 0 aromatic heterocycles. The van der Waals surface area contributed by atoms with Crippen molar-refractivity contribution in [1.82, 2.24) is 5.32 Å². The van der Waals surface area contributed by atoms with Gasteiger partial charge in [-0.25, -0.2) is 4.39 Å². The SMILES string of the molecule is C=CC(=O)NC1CC(c2ccccc2F)C1. The van der Waals surface area contributed by atoms with E-state index in [1.807, 2.05) is 12.1 Å². The van der Waals surface area contributed by atoms with Crippen LogP contribution < -0.4 is 5.32 Å². The van der Waals surface area contributed by atoms with E-state index in [-0.39, 0.29) is 23.7 Å². The molecule has 0 aliphatic heterocycles. The summed E-state index contributed by atoms with van der Waals surface area (Å²) in [5, 5.41) is 2.81. The molecule has 1 saturated carbocycles. The van der Waals surface area contributed by atoms with Crippen LogP contribution in [0.5, 0.6) is 0 Å². The van der Waals surface area contributed by atoms with Crippen LogP contribution in [0.25, 0.3) is 0 Å². The second-order valence-electron chi connectivity index (χ2n) is 4.10. The average molecular weight is 219 g/mol. The van der Waals surface area contributed by atoms with Crippen LogP contribution in [0.15, 0.2) is 36.9 Å². The van der Waals surface area contributed by atoms with Crippen LogP contribution in [0, 0.1) is 5.82 Å². The number of hydrogen-bond donors (Lipinski definition) is 1. The Bertz CT molecular complexity index is 410. The highest BCUT2D eigenvalue weighted by Crippen LogP contribution is 2.37. The molecule has 1 aromatic rings. The minimum atomic E-state index is -0.156. The number of hydrogen-bond acceptors (Lipinski definition) is 1. The summed E-state index contributed by atoms with van der Waals surface area (Å²) in [6.45, 7) is 3.39. The number of carbonyl (C=O) groups excluding carboxylic acids is 1. The summed E-state index contributed by atoms with van der Waals surface area (Å²) in [7, 11) is 0. The Labute approximate surface area is 94.2 Å². The van der Waals surface area contributed by atoms with Gasteiger partial charge in [0.2, 0.25) is 5.91 Å². The lowest BCUT2D eigenvalue weighted by molar-refractivity contribution is -0.117. The topological polar surface area (TPSA) is 29.1 Å². The van der Waals surface area contributed by atoms with Crippen molar-refractivity contribution in [2.24, 2.45) is 0 Å². The van der Waals surface area contributed by atoms with Crippen LogP contribution in [0.1, 0.15) is 24.3 Å². The van der Waals surface area contributed by atoms with Crippen LogP contribution in [0.2, 0.25) is 0 Å². The van der Waals surface area contributed by atoms with Crippen molar-refractivity contribution in [2.75, 3.05) is 0 Å². The molecule has 1 aromatic carbocycles. The van der Waals surface area contributed by atoms with E-state index in [4.69, 9.17) is 0 Å². The van der Waals surface area contributed by atoms with Crippen LogP contribution in [0.4, 0.5) is 4.39 Å². The largest absolute Gasteiger partial charge is 0.350 e. The Hall–Kier alpha value is -1.64. The number of amides is 1. The molecular formula is C13H14FNO. The summed E-state index contributed by atoms with van der Waals surface area (Å²) in [6, 6.07) is 6.98. The smallest absolute Gasteiger partial charge is 0.243 e. The summed E-state index contributed by atoms with van der Waals surface area (Å²) in [4.78, 5) is 11.0. The Morgan fingerprint density at radius 1 is 1.44 bits per heavy atom. The molecule has 1 amide bonds. The monoisotopic (exact) mass is 219 g/mol. The molecule has 2 rings (SSSR count). The van der Waals surface area contributed by atoms with Gasteiger partial charge in [0.15, 0.2) is 0 Å². The van der Waals surface area contributed by atoms with Crippen LogP contribution >= 0.6 is 0 Å². The summed E-state index contributed by atoms with van der Waals surface area (Å²) >= 11 is 0. The van der Waals surface area contributed by atoms with Crippen LogP contribution in [0.3, 0.4) is 0 Å². The molecule has 0 bridgehead atoms. The van der Waals surface area contributed by atoms with Crippen molar-refractivity contribution < 1.29 is 9.18 Å². The molecule has 1 aliphatic carbocycles. The lowest BCUT2D eigenvalue weighted by Gasteiger charge is -2.36. The Morgan fingerprint density at radius 3 is 2.75 bits per heavy atom. The van der Waals surface area contributed by atoms with E-state index in [9.17, 15) is 9.18 Å². The predicted molar refractivity (Wildman–Crippen MR) is 60.5 cm³/mol. The van der Waals surface area contributed by atoms with Crippen LogP contribution in [-0.2, 0) is 4.79 Å². The third-order valence-corrected chi connectivity index (χ3v) is 3.01. The van der Waals surface area contributed by atoms with E-state index in [1.54, 1.807) is 6.07 Å². The summed E-state index contributed by atoms with van der Waals surface area (Å²) < 4.78 is 13.4. The zero-order chi connectivity index (χ0) is 11.5. The molecule has 0 radical (unpaired) electrons. The van der Waals surface area contributed by atoms with Gasteiger partial charge in [-0.05, 0) is 36.5 Å². The molecule has 1 fully saturated rings. The third kappa shape index (κ3) is 2.13. The van der Waals surface area contributed by atoms with E-state index in [1.165, 1.54) is 12.1 Å². The Morgan fingerprint density at radius 2 is 2.12 bits per heavy atom. The Kier molecular flexibility index (Phi) is 3.04. The van der Waals surface area contributed by atoms with E-state index >= 15 is 0 Å². The van der Waals surface area contributed by atoms with Gasteiger partial charge in [0.05, 0.1) is 0 Å². The predicted octanol–water partition coefficient (Wildman–Crippen LogP) is 2.37. The van der Waals surface area contributed by atoms with E-state index in [2.05, 4.69) is 11.9 Å². The molecule has 1 aliphatic rings. The van der Waals surface area contributed by atoms with Gasteiger partial charge < -0.3 is 5.32 Å². The van der Waals surface area contributed by atoms with Gasteiger partial charge in [-0.15, -0.1) is 0 Å². The highest BCUT2D eigenvalue weighted by Gasteiger charge is 2.32. The molecule has 2 nitrogen and oxygen atoms in total. The van der Waals surface area contributed by atoms with Gasteiger partial charge in [0, 0.05) is 6.04 Å². The summed E-state index contributed by atoms with van der Waals surface area (Å²) in [5.41, 5.74) is 0.756. The number of halogens is 1. The Balaban J connectivity index is 1.91. The summed E-state index contributed by atoms with van der Waals surface area (Å²) in [5.74, 6) is -0.0747. The first-order chi connectivity index (χ1) is 7.70. The molecule has 0 heterocycles. The van der Waals surface area contributed by atoms with Crippen molar-refractivity contribution in [3.8, 4) is 0 Å². The lowest BCUT2D eigenvalue weighted by Crippen LogP contribution is -2.42. The second kappa shape index (κ2) is 4.47. The normalized spacial score (nSPS) is 23.3. The number of carbonyl (C=O) groups is 1. The molecule has 0 atom stereocenters. The molecular weight excluding hydrogens is 205 g/mol. The van der Waals surface area contributed by atoms with Crippen molar-refractivity contribution in [2.45, 2.75) is 24.8 Å². The molecule has 1 N–H and O–H groups in total. The fraction of sp³-hybridized carbons (Fsp3) is 0.308. The van der Waals surface area contributed by atoms with Crippen molar-refractivity contribution >= 4 is 5.91 Å². The van der Waals surface area contributed by atoms with Gasteiger partial charge in [-0.3, -0.25) is 4.79 Å². The van der Waals surface area contributed by atoms with E-state index < -0.39 is 0 Å². The van der Waals surface area contributed by atoms with Crippen LogP contribution in [-0.4, -0.2) is 11.9 Å². The maximum Gasteiger partial charge on any atom is 0.243 e. The standard InChI is InChI=1S/C13H14FNO/c1-2-13(16)15-10-7-9(8-10)11-5-3-4-6-12(11)14/h2-6,9-10H,1,7-8H2,(H,15,16). The second-order valence-corrected chi connectivity index (χ2v) is 4.10.